The summed E-state index contributed by atoms with van der Waals surface area (Å²) in [4.78, 5) is 0. The van der Waals surface area contributed by atoms with Crippen molar-refractivity contribution in [3.63, 3.8) is 0 Å². The molecule has 20 atom stereocenters. The summed E-state index contributed by atoms with van der Waals surface area (Å²) in [5, 5.41) is 65.0. The minimum atomic E-state index is -1.57. The Labute approximate surface area is 295 Å². The lowest BCUT2D eigenvalue weighted by molar-refractivity contribution is -0.358. The Morgan fingerprint density at radius 3 is 2.34 bits per heavy atom. The molecule has 50 heavy (non-hydrogen) atoms. The Bertz CT molecular complexity index is 1300. The summed E-state index contributed by atoms with van der Waals surface area (Å²) >= 11 is 0. The van der Waals surface area contributed by atoms with E-state index in [1.54, 1.807) is 6.92 Å². The Balaban J connectivity index is 0.961. The predicted molar refractivity (Wildman–Crippen MR) is 177 cm³/mol. The highest BCUT2D eigenvalue weighted by Crippen LogP contribution is 2.72. The van der Waals surface area contributed by atoms with E-state index in [9.17, 15) is 30.6 Å². The maximum atomic E-state index is 12.7. The highest BCUT2D eigenvalue weighted by Gasteiger charge is 2.76. The molecule has 1 spiro atoms. The third kappa shape index (κ3) is 5.21. The maximum absolute atomic E-state index is 12.7. The lowest BCUT2D eigenvalue weighted by Crippen LogP contribution is -2.62. The van der Waals surface area contributed by atoms with Gasteiger partial charge in [-0.3, -0.25) is 0 Å². The number of allylic oxidation sites excluding steroid dienone is 1. The molecule has 284 valence electrons. The monoisotopic (exact) mass is 708 g/mol. The molecule has 3 saturated carbocycles. The van der Waals surface area contributed by atoms with E-state index < -0.39 is 66.7 Å². The van der Waals surface area contributed by atoms with Crippen LogP contribution in [0.4, 0.5) is 0 Å². The molecule has 4 aliphatic heterocycles. The molecule has 8 rings (SSSR count). The fourth-order valence-corrected chi connectivity index (χ4v) is 12.2. The van der Waals surface area contributed by atoms with Crippen LogP contribution < -0.4 is 0 Å². The molecule has 0 amide bonds. The van der Waals surface area contributed by atoms with Crippen LogP contribution in [0.3, 0.4) is 0 Å². The first kappa shape index (κ1) is 36.2. The van der Waals surface area contributed by atoms with E-state index in [1.807, 2.05) is 0 Å². The molecule has 12 heteroatoms. The van der Waals surface area contributed by atoms with Gasteiger partial charge >= 0.3 is 0 Å². The zero-order valence-corrected chi connectivity index (χ0v) is 30.2. The van der Waals surface area contributed by atoms with E-state index in [2.05, 4.69) is 33.8 Å². The summed E-state index contributed by atoms with van der Waals surface area (Å²) in [6.45, 7) is 11.2. The average Bonchev–Trinajstić information content (AvgIpc) is 3.45. The molecule has 0 radical (unpaired) electrons. The summed E-state index contributed by atoms with van der Waals surface area (Å²) in [6.07, 6.45) is -1.23. The molecule has 6 N–H and O–H groups in total. The largest absolute Gasteiger partial charge is 0.388 e. The molecule has 0 unspecified atom stereocenters. The van der Waals surface area contributed by atoms with Crippen LogP contribution in [0.5, 0.6) is 0 Å². The molecule has 7 fully saturated rings. The van der Waals surface area contributed by atoms with Crippen molar-refractivity contribution in [2.24, 2.45) is 40.4 Å². The molecule has 0 aromatic rings. The number of hydrogen-bond acceptors (Lipinski definition) is 12. The first-order chi connectivity index (χ1) is 23.6. The molecule has 0 aromatic carbocycles. The van der Waals surface area contributed by atoms with Gasteiger partial charge in [0.25, 0.3) is 0 Å². The summed E-state index contributed by atoms with van der Waals surface area (Å²) in [7, 11) is 0. The molecule has 12 nitrogen and oxygen atoms in total. The molecule has 4 aliphatic carbocycles. The normalized spacial score (nSPS) is 59.3. The summed E-state index contributed by atoms with van der Waals surface area (Å²) in [6, 6.07) is 0. The van der Waals surface area contributed by atoms with Crippen LogP contribution in [0.25, 0.3) is 0 Å². The van der Waals surface area contributed by atoms with Gasteiger partial charge in [0, 0.05) is 17.8 Å². The molecule has 4 saturated heterocycles. The second kappa shape index (κ2) is 12.7. The van der Waals surface area contributed by atoms with E-state index in [1.165, 1.54) is 5.57 Å². The van der Waals surface area contributed by atoms with E-state index >= 15 is 0 Å². The minimum absolute atomic E-state index is 0.00688. The third-order valence-electron chi connectivity index (χ3n) is 15.4. The number of rotatable bonds is 4. The standard InChI is InChI=1S/C38H60O12/c1-18-8-13-37(46-16-18)20(3)38(44)27(50-37)15-25-23-7-6-21-14-22(9-11-35(21,4)24(23)10-12-36(25,38)5)48-34-32(29(41)26(39)17-45-34)49-33-31(43)30(42)28(40)19(2)47-33/h6,18-20,22-34,39-44H,7-17H2,1-5H3/t18-,19+,20-,22+,23-,24+,25+,26-,27+,28+,29+,30-,31-,32-,33-,34+,35+,36+,37-,38-/m1/s1. The van der Waals surface area contributed by atoms with Crippen LogP contribution >= 0.6 is 0 Å². The van der Waals surface area contributed by atoms with Crippen molar-refractivity contribution in [3.8, 4) is 0 Å². The molecule has 0 aromatic heterocycles. The van der Waals surface area contributed by atoms with E-state index in [-0.39, 0.29) is 35.6 Å². The lowest BCUT2D eigenvalue weighted by atomic mass is 9.46. The molecular weight excluding hydrogens is 648 g/mol. The number of aliphatic hydroxyl groups is 6. The third-order valence-corrected chi connectivity index (χ3v) is 15.4. The maximum Gasteiger partial charge on any atom is 0.187 e. The Hall–Kier alpha value is -0.740. The van der Waals surface area contributed by atoms with Crippen molar-refractivity contribution in [2.45, 2.75) is 171 Å². The van der Waals surface area contributed by atoms with Crippen LogP contribution in [0.2, 0.25) is 0 Å². The first-order valence-electron chi connectivity index (χ1n) is 19.3. The number of fused-ring (bicyclic) bond motifs is 7. The van der Waals surface area contributed by atoms with Gasteiger partial charge < -0.3 is 59.1 Å². The van der Waals surface area contributed by atoms with Crippen molar-refractivity contribution < 1.29 is 59.1 Å². The van der Waals surface area contributed by atoms with Gasteiger partial charge in [-0.1, -0.05) is 39.3 Å². The second-order valence-corrected chi connectivity index (χ2v) is 17.9. The van der Waals surface area contributed by atoms with Gasteiger partial charge in [0.05, 0.1) is 31.5 Å². The van der Waals surface area contributed by atoms with Gasteiger partial charge in [0.2, 0.25) is 0 Å². The predicted octanol–water partition coefficient (Wildman–Crippen LogP) is 2.14. The van der Waals surface area contributed by atoms with Gasteiger partial charge in [-0.05, 0) is 87.4 Å². The highest BCUT2D eigenvalue weighted by atomic mass is 16.8. The Kier molecular flexibility index (Phi) is 9.18. The number of ether oxygens (including phenoxy) is 6. The fourth-order valence-electron chi connectivity index (χ4n) is 12.2. The van der Waals surface area contributed by atoms with Crippen molar-refractivity contribution in [2.75, 3.05) is 13.2 Å². The van der Waals surface area contributed by atoms with E-state index in [4.69, 9.17) is 28.4 Å². The van der Waals surface area contributed by atoms with E-state index in [0.717, 1.165) is 51.4 Å². The first-order valence-corrected chi connectivity index (χ1v) is 19.3. The van der Waals surface area contributed by atoms with Crippen LogP contribution in [-0.2, 0) is 28.4 Å². The van der Waals surface area contributed by atoms with Gasteiger partial charge in [-0.15, -0.1) is 0 Å². The quantitative estimate of drug-likeness (QED) is 0.235. The Morgan fingerprint density at radius 2 is 1.60 bits per heavy atom. The SMILES string of the molecule is C[C@@H]1CC[C@@]2(OC1)O[C@H]1C[C@H]3[C@@H]4CC=C5C[C@@H](O[C@@H]6OC[C@@H](O)[C@H](O)[C@H]6O[C@H]6O[C@@H](C)[C@H](O)[C@@H](O)[C@H]6O)CC[C@]5(C)[C@H]4CC[C@]3(C)[C@@]1(O)[C@@H]2C. The van der Waals surface area contributed by atoms with E-state index in [0.29, 0.717) is 36.7 Å². The van der Waals surface area contributed by atoms with Crippen molar-refractivity contribution >= 4 is 0 Å². The van der Waals surface area contributed by atoms with Crippen molar-refractivity contribution in [1.29, 1.82) is 0 Å². The fraction of sp³-hybridized carbons (Fsp3) is 0.947. The summed E-state index contributed by atoms with van der Waals surface area (Å²) < 4.78 is 37.2. The zero-order valence-electron chi connectivity index (χ0n) is 30.2. The summed E-state index contributed by atoms with van der Waals surface area (Å²) in [5.74, 6) is 1.07. The molecule has 0 bridgehead atoms. The smallest absolute Gasteiger partial charge is 0.187 e. The lowest BCUT2D eigenvalue weighted by Gasteiger charge is -2.60. The van der Waals surface area contributed by atoms with Crippen molar-refractivity contribution in [3.05, 3.63) is 11.6 Å². The molecule has 4 heterocycles. The average molecular weight is 709 g/mol. The van der Waals surface area contributed by atoms with Gasteiger partial charge in [-0.2, -0.15) is 0 Å². The van der Waals surface area contributed by atoms with Crippen LogP contribution in [0.1, 0.15) is 92.4 Å². The summed E-state index contributed by atoms with van der Waals surface area (Å²) in [5.41, 5.74) is 0.239. The Morgan fingerprint density at radius 1 is 0.820 bits per heavy atom. The molecule has 8 aliphatic rings. The van der Waals surface area contributed by atoms with Crippen LogP contribution in [0, 0.1) is 40.4 Å². The zero-order chi connectivity index (χ0) is 35.5. The number of aliphatic hydroxyl groups excluding tert-OH is 5. The van der Waals surface area contributed by atoms with Crippen LogP contribution in [0.15, 0.2) is 11.6 Å². The van der Waals surface area contributed by atoms with Gasteiger partial charge in [0.1, 0.15) is 42.2 Å². The van der Waals surface area contributed by atoms with Gasteiger partial charge in [0.15, 0.2) is 18.4 Å². The number of hydrogen-bond donors (Lipinski definition) is 6. The molecular formula is C38H60O12. The highest BCUT2D eigenvalue weighted by molar-refractivity contribution is 5.29. The second-order valence-electron chi connectivity index (χ2n) is 17.9. The van der Waals surface area contributed by atoms with Crippen LogP contribution in [-0.4, -0.2) is 123 Å². The van der Waals surface area contributed by atoms with Crippen molar-refractivity contribution in [1.82, 2.24) is 0 Å². The minimum Gasteiger partial charge on any atom is -0.388 e. The van der Waals surface area contributed by atoms with Gasteiger partial charge in [-0.25, -0.2) is 0 Å². The topological polar surface area (TPSA) is 177 Å².